The molecule has 1 aliphatic carbocycles. The Balaban J connectivity index is 1.58. The van der Waals surface area contributed by atoms with Gasteiger partial charge < -0.3 is 4.90 Å². The highest BCUT2D eigenvalue weighted by Crippen LogP contribution is 2.40. The summed E-state index contributed by atoms with van der Waals surface area (Å²) < 4.78 is 0. The minimum Gasteiger partial charge on any atom is -0.354 e. The van der Waals surface area contributed by atoms with Gasteiger partial charge in [0.2, 0.25) is 0 Å². The van der Waals surface area contributed by atoms with Crippen LogP contribution in [0.1, 0.15) is 61.8 Å². The van der Waals surface area contributed by atoms with Crippen LogP contribution in [-0.4, -0.2) is 22.6 Å². The monoisotopic (exact) mass is 307 g/mol. The molecule has 0 amide bonds. The third-order valence-corrected chi connectivity index (χ3v) is 5.67. The van der Waals surface area contributed by atoms with Gasteiger partial charge in [0.15, 0.2) is 0 Å². The smallest absolute Gasteiger partial charge is 0.135 e. The lowest BCUT2D eigenvalue weighted by Crippen LogP contribution is -2.41. The van der Waals surface area contributed by atoms with E-state index < -0.39 is 0 Å². The first-order chi connectivity index (χ1) is 11.2. The van der Waals surface area contributed by atoms with Crippen LogP contribution in [0.4, 0.5) is 5.82 Å². The number of piperidine rings is 1. The molecule has 0 bridgehead atoms. The zero-order valence-corrected chi connectivity index (χ0v) is 14.1. The molecule has 120 valence electrons. The average molecular weight is 307 g/mol. The van der Waals surface area contributed by atoms with E-state index in [9.17, 15) is 0 Å². The Labute approximate surface area is 138 Å². The summed E-state index contributed by atoms with van der Waals surface area (Å²) in [6, 6.07) is 11.5. The number of anilines is 1. The minimum atomic E-state index is 0.528. The Morgan fingerprint density at radius 2 is 1.87 bits per heavy atom. The highest BCUT2D eigenvalue weighted by Gasteiger charge is 2.32. The average Bonchev–Trinajstić information content (AvgIpc) is 2.97. The lowest BCUT2D eigenvalue weighted by molar-refractivity contribution is 0.427. The minimum absolute atomic E-state index is 0.528. The maximum atomic E-state index is 4.69. The van der Waals surface area contributed by atoms with Gasteiger partial charge in [0.25, 0.3) is 0 Å². The summed E-state index contributed by atoms with van der Waals surface area (Å²) >= 11 is 0. The van der Waals surface area contributed by atoms with Crippen molar-refractivity contribution >= 4 is 5.82 Å². The highest BCUT2D eigenvalue weighted by molar-refractivity contribution is 5.53. The fraction of sp³-hybridized carbons (Fsp3) is 0.500. The molecule has 3 atom stereocenters. The second-order valence-corrected chi connectivity index (χ2v) is 7.17. The molecule has 2 aromatic rings. The number of hydrogen-bond donors (Lipinski definition) is 0. The Hall–Kier alpha value is -1.90. The van der Waals surface area contributed by atoms with Gasteiger partial charge in [0, 0.05) is 23.8 Å². The van der Waals surface area contributed by atoms with Crippen LogP contribution in [0.15, 0.2) is 36.7 Å². The normalized spacial score (nSPS) is 27.0. The van der Waals surface area contributed by atoms with Crippen molar-refractivity contribution in [1.29, 1.82) is 0 Å². The van der Waals surface area contributed by atoms with Crippen LogP contribution in [0.3, 0.4) is 0 Å². The van der Waals surface area contributed by atoms with Crippen LogP contribution in [-0.2, 0) is 6.42 Å². The SMILES string of the molecule is CC1CC(c2ccccc2)CCN1c1ncnc2c1[C@H](C)CC2. The summed E-state index contributed by atoms with van der Waals surface area (Å²) in [5.74, 6) is 2.48. The fourth-order valence-electron chi connectivity index (χ4n) is 4.37. The second kappa shape index (κ2) is 5.95. The molecule has 1 saturated heterocycles. The lowest BCUT2D eigenvalue weighted by Gasteiger charge is -2.39. The summed E-state index contributed by atoms with van der Waals surface area (Å²) in [5, 5.41) is 0. The molecular weight excluding hydrogens is 282 g/mol. The first kappa shape index (κ1) is 14.7. The van der Waals surface area contributed by atoms with Crippen LogP contribution < -0.4 is 4.90 Å². The molecule has 3 heteroatoms. The van der Waals surface area contributed by atoms with Crippen molar-refractivity contribution in [3.05, 3.63) is 53.5 Å². The number of nitrogens with zero attached hydrogens (tertiary/aromatic N) is 3. The number of rotatable bonds is 2. The molecule has 4 rings (SSSR count). The Bertz CT molecular complexity index is 683. The van der Waals surface area contributed by atoms with Crippen molar-refractivity contribution < 1.29 is 0 Å². The Morgan fingerprint density at radius 1 is 1.04 bits per heavy atom. The molecule has 0 spiro atoms. The van der Waals surface area contributed by atoms with E-state index in [0.717, 1.165) is 13.0 Å². The van der Waals surface area contributed by atoms with E-state index in [1.165, 1.54) is 41.9 Å². The fourth-order valence-corrected chi connectivity index (χ4v) is 4.37. The van der Waals surface area contributed by atoms with Gasteiger partial charge >= 0.3 is 0 Å². The summed E-state index contributed by atoms with van der Waals surface area (Å²) in [6.07, 6.45) is 6.51. The van der Waals surface area contributed by atoms with Gasteiger partial charge in [0.1, 0.15) is 12.1 Å². The van der Waals surface area contributed by atoms with E-state index in [4.69, 9.17) is 0 Å². The second-order valence-electron chi connectivity index (χ2n) is 7.17. The van der Waals surface area contributed by atoms with Crippen molar-refractivity contribution in [2.45, 2.75) is 57.4 Å². The van der Waals surface area contributed by atoms with Gasteiger partial charge in [-0.1, -0.05) is 37.3 Å². The zero-order chi connectivity index (χ0) is 15.8. The topological polar surface area (TPSA) is 29.0 Å². The quantitative estimate of drug-likeness (QED) is 0.828. The van der Waals surface area contributed by atoms with E-state index in [-0.39, 0.29) is 0 Å². The molecular formula is C20H25N3. The molecule has 2 aliphatic rings. The molecule has 1 aliphatic heterocycles. The van der Waals surface area contributed by atoms with Crippen LogP contribution in [0.5, 0.6) is 0 Å². The standard InChI is InChI=1S/C20H25N3/c1-14-8-9-18-19(14)20(22-13-21-18)23-11-10-17(12-15(23)2)16-6-4-3-5-7-16/h3-7,13-15,17H,8-12H2,1-2H3/t14-,15?,17?/m1/s1. The first-order valence-electron chi connectivity index (χ1n) is 8.89. The van der Waals surface area contributed by atoms with Crippen LogP contribution >= 0.6 is 0 Å². The van der Waals surface area contributed by atoms with Gasteiger partial charge in [0.05, 0.1) is 0 Å². The number of hydrogen-bond acceptors (Lipinski definition) is 3. The third kappa shape index (κ3) is 2.62. The van der Waals surface area contributed by atoms with E-state index in [0.29, 0.717) is 17.9 Å². The van der Waals surface area contributed by atoms with Crippen molar-refractivity contribution in [3.8, 4) is 0 Å². The molecule has 3 nitrogen and oxygen atoms in total. The Morgan fingerprint density at radius 3 is 2.65 bits per heavy atom. The number of benzene rings is 1. The molecule has 1 aromatic heterocycles. The highest BCUT2D eigenvalue weighted by atomic mass is 15.2. The maximum absolute atomic E-state index is 4.69. The number of fused-ring (bicyclic) bond motifs is 1. The van der Waals surface area contributed by atoms with Crippen molar-refractivity contribution in [3.63, 3.8) is 0 Å². The first-order valence-corrected chi connectivity index (χ1v) is 8.89. The van der Waals surface area contributed by atoms with Crippen LogP contribution in [0.2, 0.25) is 0 Å². The molecule has 2 unspecified atom stereocenters. The van der Waals surface area contributed by atoms with Gasteiger partial charge in [-0.2, -0.15) is 0 Å². The molecule has 1 aromatic carbocycles. The predicted octanol–water partition coefficient (Wildman–Crippen LogP) is 4.30. The summed E-state index contributed by atoms with van der Waals surface area (Å²) in [4.78, 5) is 11.7. The summed E-state index contributed by atoms with van der Waals surface area (Å²) in [6.45, 7) is 5.76. The Kier molecular flexibility index (Phi) is 3.80. The molecule has 0 radical (unpaired) electrons. The van der Waals surface area contributed by atoms with Crippen LogP contribution in [0, 0.1) is 0 Å². The van der Waals surface area contributed by atoms with Crippen molar-refractivity contribution in [2.24, 2.45) is 0 Å². The lowest BCUT2D eigenvalue weighted by atomic mass is 9.85. The van der Waals surface area contributed by atoms with Crippen LogP contribution in [0.25, 0.3) is 0 Å². The van der Waals surface area contributed by atoms with Gasteiger partial charge in [-0.05, 0) is 50.0 Å². The number of aryl methyl sites for hydroxylation is 1. The molecule has 0 N–H and O–H groups in total. The van der Waals surface area contributed by atoms with E-state index in [1.54, 1.807) is 6.33 Å². The van der Waals surface area contributed by atoms with Gasteiger partial charge in [-0.3, -0.25) is 0 Å². The summed E-state index contributed by atoms with van der Waals surface area (Å²) in [7, 11) is 0. The van der Waals surface area contributed by atoms with E-state index >= 15 is 0 Å². The molecule has 2 heterocycles. The van der Waals surface area contributed by atoms with Gasteiger partial charge in [-0.25, -0.2) is 9.97 Å². The molecule has 1 fully saturated rings. The van der Waals surface area contributed by atoms with Gasteiger partial charge in [-0.15, -0.1) is 0 Å². The maximum Gasteiger partial charge on any atom is 0.135 e. The van der Waals surface area contributed by atoms with Crippen molar-refractivity contribution in [2.75, 3.05) is 11.4 Å². The summed E-state index contributed by atoms with van der Waals surface area (Å²) in [5.41, 5.74) is 4.18. The van der Waals surface area contributed by atoms with E-state index in [2.05, 4.69) is 59.0 Å². The molecule has 0 saturated carbocycles. The third-order valence-electron chi connectivity index (χ3n) is 5.67. The molecule has 23 heavy (non-hydrogen) atoms. The predicted molar refractivity (Wildman–Crippen MR) is 94.0 cm³/mol. The zero-order valence-electron chi connectivity index (χ0n) is 14.1. The van der Waals surface area contributed by atoms with E-state index in [1.807, 2.05) is 0 Å². The number of aromatic nitrogens is 2. The van der Waals surface area contributed by atoms with Crippen molar-refractivity contribution in [1.82, 2.24) is 9.97 Å². The largest absolute Gasteiger partial charge is 0.354 e.